The van der Waals surface area contributed by atoms with Crippen molar-refractivity contribution >= 4 is 11.9 Å². The van der Waals surface area contributed by atoms with Gasteiger partial charge in [-0.15, -0.1) is 0 Å². The first-order chi connectivity index (χ1) is 16.4. The van der Waals surface area contributed by atoms with Crippen LogP contribution in [-0.4, -0.2) is 23.0 Å². The Morgan fingerprint density at radius 3 is 1.57 bits per heavy atom. The zero-order valence-electron chi connectivity index (χ0n) is 22.2. The molecule has 4 heteroatoms. The van der Waals surface area contributed by atoms with Crippen molar-refractivity contribution < 1.29 is 14.7 Å². The molecule has 35 heavy (non-hydrogen) atoms. The Labute approximate surface area is 216 Å². The van der Waals surface area contributed by atoms with Gasteiger partial charge >= 0.3 is 5.97 Å². The molecule has 0 aliphatic rings. The van der Waals surface area contributed by atoms with Gasteiger partial charge in [0.15, 0.2) is 0 Å². The van der Waals surface area contributed by atoms with Gasteiger partial charge in [-0.1, -0.05) is 108 Å². The van der Waals surface area contributed by atoms with Crippen LogP contribution in [0.3, 0.4) is 0 Å². The zero-order chi connectivity index (χ0) is 25.9. The van der Waals surface area contributed by atoms with E-state index in [1.165, 1.54) is 0 Å². The smallest absolute Gasteiger partial charge is 0.326 e. The average Bonchev–Trinajstić information content (AvgIpc) is 2.79. The molecule has 0 aromatic rings. The molecule has 0 spiro atoms. The molecule has 0 rings (SSSR count). The summed E-state index contributed by atoms with van der Waals surface area (Å²) in [5.41, 5.74) is 0. The number of nitrogens with one attached hydrogen (secondary N) is 1. The topological polar surface area (TPSA) is 66.4 Å². The Morgan fingerprint density at radius 1 is 0.743 bits per heavy atom. The molecule has 0 aliphatic heterocycles. The largest absolute Gasteiger partial charge is 0.480 e. The minimum atomic E-state index is -0.965. The molecule has 1 unspecified atom stereocenters. The molecule has 0 aromatic carbocycles. The first-order valence-electron chi connectivity index (χ1n) is 12.8. The lowest BCUT2D eigenvalue weighted by molar-refractivity contribution is -0.142. The summed E-state index contributed by atoms with van der Waals surface area (Å²) >= 11 is 0. The summed E-state index contributed by atoms with van der Waals surface area (Å²) in [6, 6.07) is -0.779. The lowest BCUT2D eigenvalue weighted by atomic mass is 10.0. The number of carbonyl (C=O) groups is 2. The monoisotopic (exact) mass is 487 g/mol. The molecule has 0 radical (unpaired) electrons. The first-order valence-corrected chi connectivity index (χ1v) is 12.8. The molecule has 0 aromatic heterocycles. The van der Waals surface area contributed by atoms with E-state index in [1.807, 2.05) is 32.9 Å². The standard InChI is InChI=1S/C16H27NO3.C14H22.CH4/c1-4-5-6-7-8-9-10-11-15(18)17-14(16(19)20)12-13(2)3;1-3-5-7-9-11-13-14-12-10-8-6-4-2;/h5-6,8-9,13-14H,4,7,10-12H2,1-3H3,(H,17,18)(H,19,20);3,5-6,8-9,11-12,14H,4,7,10,13H2,1-2H3;1H4/b6-5-,9-8-;5-3-,8-6-,11-9-,14-12-;. The number of aliphatic carboxylic acids is 1. The molecule has 0 heterocycles. The lowest BCUT2D eigenvalue weighted by Crippen LogP contribution is -2.41. The van der Waals surface area contributed by atoms with Crippen LogP contribution in [0.1, 0.15) is 99.8 Å². The first kappa shape index (κ1) is 36.9. The minimum Gasteiger partial charge on any atom is -0.480 e. The van der Waals surface area contributed by atoms with Crippen molar-refractivity contribution in [3.8, 4) is 0 Å². The summed E-state index contributed by atoms with van der Waals surface area (Å²) in [6.45, 7) is 10.2. The highest BCUT2D eigenvalue weighted by molar-refractivity contribution is 5.83. The van der Waals surface area contributed by atoms with Gasteiger partial charge in [-0.3, -0.25) is 4.79 Å². The van der Waals surface area contributed by atoms with Gasteiger partial charge in [-0.2, -0.15) is 0 Å². The van der Waals surface area contributed by atoms with Crippen molar-refractivity contribution in [1.29, 1.82) is 0 Å². The number of hydrogen-bond donors (Lipinski definition) is 2. The summed E-state index contributed by atoms with van der Waals surface area (Å²) in [5.74, 6) is -0.930. The fourth-order valence-corrected chi connectivity index (χ4v) is 2.75. The van der Waals surface area contributed by atoms with E-state index in [4.69, 9.17) is 5.11 Å². The van der Waals surface area contributed by atoms with Crippen LogP contribution < -0.4 is 5.32 Å². The Hall–Kier alpha value is -2.62. The van der Waals surface area contributed by atoms with Gasteiger partial charge < -0.3 is 10.4 Å². The minimum absolute atomic E-state index is 0. The van der Waals surface area contributed by atoms with Crippen LogP contribution in [0.4, 0.5) is 0 Å². The molecule has 0 aliphatic carbocycles. The number of allylic oxidation sites excluding steroid dienone is 12. The Balaban J connectivity index is -0.000000603. The van der Waals surface area contributed by atoms with E-state index in [-0.39, 0.29) is 19.3 Å². The third kappa shape index (κ3) is 31.4. The number of carboxylic acid groups (broad SMARTS) is 1. The van der Waals surface area contributed by atoms with Crippen LogP contribution in [0.25, 0.3) is 0 Å². The highest BCUT2D eigenvalue weighted by Gasteiger charge is 2.20. The van der Waals surface area contributed by atoms with Gasteiger partial charge in [0.05, 0.1) is 0 Å². The number of hydrogen-bond acceptors (Lipinski definition) is 2. The molecule has 0 bridgehead atoms. The van der Waals surface area contributed by atoms with Crippen molar-refractivity contribution in [2.24, 2.45) is 5.92 Å². The summed E-state index contributed by atoms with van der Waals surface area (Å²) in [6.07, 6.45) is 33.3. The molecule has 1 amide bonds. The number of rotatable bonds is 17. The normalized spacial score (nSPS) is 12.7. The quantitative estimate of drug-likeness (QED) is 0.202. The fraction of sp³-hybridized carbons (Fsp3) is 0.548. The zero-order valence-corrected chi connectivity index (χ0v) is 22.2. The molecule has 200 valence electrons. The molecule has 0 saturated carbocycles. The maximum Gasteiger partial charge on any atom is 0.326 e. The lowest BCUT2D eigenvalue weighted by Gasteiger charge is -2.16. The summed E-state index contributed by atoms with van der Waals surface area (Å²) in [7, 11) is 0. The molecule has 4 nitrogen and oxygen atoms in total. The molecule has 0 saturated heterocycles. The van der Waals surface area contributed by atoms with Gasteiger partial charge in [-0.05, 0) is 64.2 Å². The van der Waals surface area contributed by atoms with Crippen molar-refractivity contribution in [1.82, 2.24) is 5.32 Å². The third-order valence-corrected chi connectivity index (χ3v) is 4.51. The number of carbonyl (C=O) groups excluding carboxylic acids is 1. The Kier molecular flexibility index (Phi) is 31.0. The van der Waals surface area contributed by atoms with E-state index in [0.29, 0.717) is 19.3 Å². The number of carboxylic acids is 1. The van der Waals surface area contributed by atoms with Crippen molar-refractivity contribution in [2.75, 3.05) is 0 Å². The van der Waals surface area contributed by atoms with Gasteiger partial charge in [0, 0.05) is 6.42 Å². The van der Waals surface area contributed by atoms with Crippen LogP contribution in [0.15, 0.2) is 72.9 Å². The van der Waals surface area contributed by atoms with Crippen LogP contribution >= 0.6 is 0 Å². The molecule has 0 fully saturated rings. The highest BCUT2D eigenvalue weighted by atomic mass is 16.4. The molecular formula is C31H53NO3. The highest BCUT2D eigenvalue weighted by Crippen LogP contribution is 2.06. The maximum absolute atomic E-state index is 11.7. The van der Waals surface area contributed by atoms with Crippen molar-refractivity contribution in [2.45, 2.75) is 106 Å². The van der Waals surface area contributed by atoms with E-state index < -0.39 is 12.0 Å². The SMILES string of the molecule is C.C/C=C\C/C=C\C/C=C\C/C=C\CC.CC/C=C\C/C=C\CCC(=O)NC(CC(C)C)C(=O)O. The number of amides is 1. The van der Waals surface area contributed by atoms with Crippen molar-refractivity contribution in [3.63, 3.8) is 0 Å². The van der Waals surface area contributed by atoms with E-state index in [2.05, 4.69) is 79.9 Å². The predicted octanol–water partition coefficient (Wildman–Crippen LogP) is 8.74. The van der Waals surface area contributed by atoms with E-state index in [9.17, 15) is 9.59 Å². The maximum atomic E-state index is 11.7. The van der Waals surface area contributed by atoms with Crippen LogP contribution in [0, 0.1) is 5.92 Å². The van der Waals surface area contributed by atoms with E-state index in [1.54, 1.807) is 0 Å². The van der Waals surface area contributed by atoms with Crippen LogP contribution in [-0.2, 0) is 9.59 Å². The predicted molar refractivity (Wildman–Crippen MR) is 155 cm³/mol. The second-order valence-electron chi connectivity index (χ2n) is 8.31. The third-order valence-electron chi connectivity index (χ3n) is 4.51. The fourth-order valence-electron chi connectivity index (χ4n) is 2.75. The summed E-state index contributed by atoms with van der Waals surface area (Å²) in [5, 5.41) is 11.6. The second kappa shape index (κ2) is 29.4. The van der Waals surface area contributed by atoms with Crippen molar-refractivity contribution in [3.05, 3.63) is 72.9 Å². The molecule has 2 N–H and O–H groups in total. The Bertz CT molecular complexity index is 667. The van der Waals surface area contributed by atoms with Crippen LogP contribution in [0.2, 0.25) is 0 Å². The summed E-state index contributed by atoms with van der Waals surface area (Å²) < 4.78 is 0. The molecule has 1 atom stereocenters. The van der Waals surface area contributed by atoms with Gasteiger partial charge in [0.2, 0.25) is 5.91 Å². The van der Waals surface area contributed by atoms with E-state index in [0.717, 1.165) is 38.5 Å². The van der Waals surface area contributed by atoms with Crippen LogP contribution in [0.5, 0.6) is 0 Å². The van der Waals surface area contributed by atoms with E-state index >= 15 is 0 Å². The van der Waals surface area contributed by atoms with Gasteiger partial charge in [0.1, 0.15) is 6.04 Å². The second-order valence-corrected chi connectivity index (χ2v) is 8.31. The van der Waals surface area contributed by atoms with Gasteiger partial charge in [0.25, 0.3) is 0 Å². The van der Waals surface area contributed by atoms with Gasteiger partial charge in [-0.25, -0.2) is 4.79 Å². The average molecular weight is 488 g/mol. The summed E-state index contributed by atoms with van der Waals surface area (Å²) in [4.78, 5) is 22.7. The Morgan fingerprint density at radius 2 is 1.17 bits per heavy atom. The molecular weight excluding hydrogens is 434 g/mol.